The smallest absolute Gasteiger partial charge is 0.306 e. The Morgan fingerprint density at radius 3 is 2.72 bits per heavy atom. The molecule has 0 fully saturated rings. The molecule has 7 nitrogen and oxygen atoms in total. The van der Waals surface area contributed by atoms with E-state index < -0.39 is 5.97 Å². The highest BCUT2D eigenvalue weighted by atomic mass is 16.5. The fourth-order valence-electron chi connectivity index (χ4n) is 2.29. The van der Waals surface area contributed by atoms with Crippen molar-refractivity contribution < 1.29 is 14.3 Å². The van der Waals surface area contributed by atoms with Crippen LogP contribution in [0.3, 0.4) is 0 Å². The van der Waals surface area contributed by atoms with Crippen molar-refractivity contribution in [3.63, 3.8) is 0 Å². The molecule has 1 N–H and O–H groups in total. The summed E-state index contributed by atoms with van der Waals surface area (Å²) in [6, 6.07) is 7.07. The maximum Gasteiger partial charge on any atom is 0.306 e. The van der Waals surface area contributed by atoms with E-state index in [-0.39, 0.29) is 30.9 Å². The van der Waals surface area contributed by atoms with Gasteiger partial charge in [-0.05, 0) is 18.1 Å². The van der Waals surface area contributed by atoms with Crippen molar-refractivity contribution in [2.75, 3.05) is 13.2 Å². The van der Waals surface area contributed by atoms with Crippen molar-refractivity contribution in [1.29, 1.82) is 0 Å². The van der Waals surface area contributed by atoms with Gasteiger partial charge in [0.1, 0.15) is 5.82 Å². The van der Waals surface area contributed by atoms with Crippen LogP contribution in [0.1, 0.15) is 26.1 Å². The van der Waals surface area contributed by atoms with Gasteiger partial charge in [-0.3, -0.25) is 19.0 Å². The molecule has 134 valence electrons. The molecule has 2 aromatic rings. The van der Waals surface area contributed by atoms with Crippen LogP contribution in [-0.2, 0) is 27.8 Å². The minimum Gasteiger partial charge on any atom is -0.456 e. The zero-order valence-corrected chi connectivity index (χ0v) is 14.7. The Bertz CT molecular complexity index is 827. The summed E-state index contributed by atoms with van der Waals surface area (Å²) >= 11 is 0. The lowest BCUT2D eigenvalue weighted by Gasteiger charge is -2.10. The number of nitrogens with one attached hydrogen (secondary N) is 1. The summed E-state index contributed by atoms with van der Waals surface area (Å²) in [4.78, 5) is 40.0. The maximum absolute atomic E-state index is 12.3. The summed E-state index contributed by atoms with van der Waals surface area (Å²) in [7, 11) is 1.63. The lowest BCUT2D eigenvalue weighted by Crippen LogP contribution is -2.31. The zero-order valence-electron chi connectivity index (χ0n) is 14.7. The Morgan fingerprint density at radius 1 is 1.28 bits per heavy atom. The third kappa shape index (κ3) is 5.14. The Labute approximate surface area is 146 Å². The first kappa shape index (κ1) is 18.6. The number of amides is 1. The van der Waals surface area contributed by atoms with E-state index >= 15 is 0 Å². The van der Waals surface area contributed by atoms with Crippen LogP contribution in [0.2, 0.25) is 0 Å². The predicted molar refractivity (Wildman–Crippen MR) is 94.1 cm³/mol. The predicted octanol–water partition coefficient (Wildman–Crippen LogP) is 1.18. The summed E-state index contributed by atoms with van der Waals surface area (Å²) in [6.45, 7) is 4.20. The highest BCUT2D eigenvalue weighted by Gasteiger charge is 2.12. The molecule has 0 aliphatic heterocycles. The molecular weight excluding hydrogens is 322 g/mol. The van der Waals surface area contributed by atoms with Crippen molar-refractivity contribution in [3.8, 4) is 0 Å². The first-order chi connectivity index (χ1) is 11.9. The van der Waals surface area contributed by atoms with E-state index in [9.17, 15) is 14.4 Å². The van der Waals surface area contributed by atoms with Gasteiger partial charge < -0.3 is 10.1 Å². The molecular formula is C18H23N3O4. The van der Waals surface area contributed by atoms with Gasteiger partial charge >= 0.3 is 5.97 Å². The number of fused-ring (bicyclic) bond motifs is 1. The van der Waals surface area contributed by atoms with Gasteiger partial charge in [-0.15, -0.1) is 0 Å². The zero-order chi connectivity index (χ0) is 18.4. The highest BCUT2D eigenvalue weighted by Crippen LogP contribution is 2.08. The maximum atomic E-state index is 12.3. The van der Waals surface area contributed by atoms with Crippen LogP contribution in [0, 0.1) is 5.92 Å². The summed E-state index contributed by atoms with van der Waals surface area (Å²) < 4.78 is 6.38. The van der Waals surface area contributed by atoms with Crippen molar-refractivity contribution in [1.82, 2.24) is 14.9 Å². The largest absolute Gasteiger partial charge is 0.456 e. The fourth-order valence-corrected chi connectivity index (χ4v) is 2.29. The summed E-state index contributed by atoms with van der Waals surface area (Å²) in [5.74, 6) is 0.0187. The second-order valence-electron chi connectivity index (χ2n) is 6.27. The topological polar surface area (TPSA) is 90.3 Å². The van der Waals surface area contributed by atoms with Gasteiger partial charge in [0.25, 0.3) is 11.5 Å². The number of hydrogen-bond donors (Lipinski definition) is 1. The molecule has 1 aromatic carbocycles. The van der Waals surface area contributed by atoms with Crippen LogP contribution in [0.15, 0.2) is 29.1 Å². The Balaban J connectivity index is 1.92. The number of aryl methyl sites for hydroxylation is 1. The molecule has 0 spiro atoms. The number of ether oxygens (including phenoxy) is 1. The SMILES string of the molecule is CC(C)CNC(=O)COC(=O)CCc1nc2ccccc2c(=O)n1C. The van der Waals surface area contributed by atoms with Crippen molar-refractivity contribution in [2.45, 2.75) is 26.7 Å². The van der Waals surface area contributed by atoms with E-state index in [2.05, 4.69) is 10.3 Å². The monoisotopic (exact) mass is 345 g/mol. The Hall–Kier alpha value is -2.70. The number of rotatable bonds is 7. The fraction of sp³-hybridized carbons (Fsp3) is 0.444. The van der Waals surface area contributed by atoms with Crippen LogP contribution >= 0.6 is 0 Å². The van der Waals surface area contributed by atoms with Crippen molar-refractivity contribution in [3.05, 3.63) is 40.4 Å². The molecule has 0 unspecified atom stereocenters. The molecule has 7 heteroatoms. The molecule has 0 radical (unpaired) electrons. The van der Waals surface area contributed by atoms with Crippen LogP contribution in [-0.4, -0.2) is 34.6 Å². The van der Waals surface area contributed by atoms with E-state index in [1.54, 1.807) is 25.2 Å². The molecule has 25 heavy (non-hydrogen) atoms. The van der Waals surface area contributed by atoms with Crippen molar-refractivity contribution >= 4 is 22.8 Å². The summed E-state index contributed by atoms with van der Waals surface area (Å²) in [6.07, 6.45) is 0.319. The minimum atomic E-state index is -0.498. The number of carbonyl (C=O) groups excluding carboxylic acids is 2. The van der Waals surface area contributed by atoms with Gasteiger partial charge in [-0.2, -0.15) is 0 Å². The van der Waals surface area contributed by atoms with Gasteiger partial charge in [0.15, 0.2) is 6.61 Å². The number of para-hydroxylation sites is 1. The van der Waals surface area contributed by atoms with Crippen LogP contribution in [0.4, 0.5) is 0 Å². The lowest BCUT2D eigenvalue weighted by molar-refractivity contribution is -0.148. The lowest BCUT2D eigenvalue weighted by atomic mass is 10.2. The molecule has 0 saturated carbocycles. The molecule has 0 saturated heterocycles. The summed E-state index contributed by atoms with van der Waals surface area (Å²) in [5.41, 5.74) is 0.448. The standard InChI is InChI=1S/C18H23N3O4/c1-12(2)10-19-16(22)11-25-17(23)9-8-15-20-14-7-5-4-6-13(14)18(24)21(15)3/h4-7,12H,8-11H2,1-3H3,(H,19,22). The van der Waals surface area contributed by atoms with E-state index in [1.807, 2.05) is 19.9 Å². The van der Waals surface area contributed by atoms with E-state index in [1.165, 1.54) is 4.57 Å². The molecule has 1 heterocycles. The van der Waals surface area contributed by atoms with Crippen molar-refractivity contribution in [2.24, 2.45) is 13.0 Å². The Kier molecular flexibility index (Phi) is 6.27. The highest BCUT2D eigenvalue weighted by molar-refractivity contribution is 5.80. The summed E-state index contributed by atoms with van der Waals surface area (Å²) in [5, 5.41) is 3.21. The molecule has 0 aliphatic carbocycles. The first-order valence-electron chi connectivity index (χ1n) is 8.25. The van der Waals surface area contributed by atoms with Gasteiger partial charge in [-0.25, -0.2) is 4.98 Å². The Morgan fingerprint density at radius 2 is 2.00 bits per heavy atom. The van der Waals surface area contributed by atoms with E-state index in [0.717, 1.165) is 0 Å². The molecule has 1 aromatic heterocycles. The van der Waals surface area contributed by atoms with Gasteiger partial charge in [-0.1, -0.05) is 26.0 Å². The molecule has 0 atom stereocenters. The number of benzene rings is 1. The van der Waals surface area contributed by atoms with Gasteiger partial charge in [0.2, 0.25) is 0 Å². The molecule has 0 bridgehead atoms. The number of aromatic nitrogens is 2. The number of nitrogens with zero attached hydrogens (tertiary/aromatic N) is 2. The quantitative estimate of drug-likeness (QED) is 0.761. The molecule has 0 aliphatic rings. The number of esters is 1. The van der Waals surface area contributed by atoms with Crippen LogP contribution < -0.4 is 10.9 Å². The molecule has 2 rings (SSSR count). The van der Waals surface area contributed by atoms with Crippen LogP contribution in [0.5, 0.6) is 0 Å². The third-order valence-electron chi connectivity index (χ3n) is 3.70. The molecule has 1 amide bonds. The van der Waals surface area contributed by atoms with Gasteiger partial charge in [0, 0.05) is 20.0 Å². The van der Waals surface area contributed by atoms with Gasteiger partial charge in [0.05, 0.1) is 17.3 Å². The third-order valence-corrected chi connectivity index (χ3v) is 3.70. The average molecular weight is 345 g/mol. The van der Waals surface area contributed by atoms with E-state index in [0.29, 0.717) is 29.2 Å². The van der Waals surface area contributed by atoms with E-state index in [4.69, 9.17) is 4.74 Å². The number of hydrogen-bond acceptors (Lipinski definition) is 5. The number of carbonyl (C=O) groups is 2. The average Bonchev–Trinajstić information content (AvgIpc) is 2.60. The first-order valence-corrected chi connectivity index (χ1v) is 8.25. The normalized spacial score (nSPS) is 10.9. The second-order valence-corrected chi connectivity index (χ2v) is 6.27. The minimum absolute atomic E-state index is 0.0517. The second kappa shape index (κ2) is 8.41. The van der Waals surface area contributed by atoms with Crippen LogP contribution in [0.25, 0.3) is 10.9 Å².